The van der Waals surface area contributed by atoms with E-state index >= 15 is 0 Å². The summed E-state index contributed by atoms with van der Waals surface area (Å²) in [5, 5.41) is 18.0. The van der Waals surface area contributed by atoms with E-state index in [4.69, 9.17) is 9.47 Å². The zero-order valence-corrected chi connectivity index (χ0v) is 19.9. The number of anilines is 2. The molecule has 180 valence electrons. The number of aromatic nitrogens is 4. The smallest absolute Gasteiger partial charge is 0.346 e. The number of hydrogen-bond acceptors (Lipinski definition) is 7. The van der Waals surface area contributed by atoms with Crippen molar-refractivity contribution in [2.24, 2.45) is 5.92 Å². The number of carbonyl (C=O) groups excluding carboxylic acids is 1. The summed E-state index contributed by atoms with van der Waals surface area (Å²) in [7, 11) is 1.59. The van der Waals surface area contributed by atoms with E-state index in [1.807, 2.05) is 86.6 Å². The highest BCUT2D eigenvalue weighted by Gasteiger charge is 2.14. The Kier molecular flexibility index (Phi) is 7.57. The predicted octanol–water partition coefficient (Wildman–Crippen LogP) is 5.06. The quantitative estimate of drug-likeness (QED) is 0.332. The van der Waals surface area contributed by atoms with Crippen LogP contribution in [0.5, 0.6) is 17.5 Å². The predicted molar refractivity (Wildman–Crippen MR) is 134 cm³/mol. The van der Waals surface area contributed by atoms with Gasteiger partial charge in [0, 0.05) is 24.3 Å². The molecule has 0 atom stereocenters. The molecular formula is C26H28N6O3. The van der Waals surface area contributed by atoms with Crippen molar-refractivity contribution in [3.63, 3.8) is 0 Å². The van der Waals surface area contributed by atoms with Crippen molar-refractivity contribution < 1.29 is 14.3 Å². The summed E-state index contributed by atoms with van der Waals surface area (Å²) in [6.45, 7) is 4.60. The van der Waals surface area contributed by atoms with Gasteiger partial charge >= 0.3 is 6.01 Å². The topological polar surface area (TPSA) is 103 Å². The zero-order chi connectivity index (χ0) is 24.6. The fraction of sp³-hybridized carbons (Fsp3) is 0.231. The van der Waals surface area contributed by atoms with Crippen LogP contribution in [-0.4, -0.2) is 33.2 Å². The van der Waals surface area contributed by atoms with E-state index in [2.05, 4.69) is 26.2 Å². The Balaban J connectivity index is 1.42. The molecular weight excluding hydrogens is 444 g/mol. The summed E-state index contributed by atoms with van der Waals surface area (Å²) in [6.07, 6.45) is 0.490. The van der Waals surface area contributed by atoms with Crippen LogP contribution >= 0.6 is 0 Å². The highest BCUT2D eigenvalue weighted by molar-refractivity contribution is 5.91. The monoisotopic (exact) mass is 472 g/mol. The maximum atomic E-state index is 12.1. The van der Waals surface area contributed by atoms with Crippen molar-refractivity contribution in [1.29, 1.82) is 0 Å². The van der Waals surface area contributed by atoms with Crippen LogP contribution in [0.3, 0.4) is 0 Å². The fourth-order valence-corrected chi connectivity index (χ4v) is 3.47. The fourth-order valence-electron chi connectivity index (χ4n) is 3.47. The summed E-state index contributed by atoms with van der Waals surface area (Å²) in [4.78, 5) is 12.1. The van der Waals surface area contributed by atoms with Gasteiger partial charge in [-0.25, -0.2) is 0 Å². The van der Waals surface area contributed by atoms with Gasteiger partial charge in [-0.1, -0.05) is 49.3 Å². The number of hydrogen-bond donors (Lipinski definition) is 2. The third kappa shape index (κ3) is 6.35. The van der Waals surface area contributed by atoms with E-state index in [0.29, 0.717) is 30.4 Å². The summed E-state index contributed by atoms with van der Waals surface area (Å²) in [5.41, 5.74) is 3.44. The average Bonchev–Trinajstić information content (AvgIpc) is 3.32. The number of nitrogens with one attached hydrogen (secondary N) is 2. The Morgan fingerprint density at radius 1 is 0.971 bits per heavy atom. The standard InChI is InChI=1S/C26H28N6O3/c1-18(2)14-25(33)28-21-9-7-8-20(16-21)27-17-19-12-13-23(24(15-19)34-3)35-26-29-30-31-32(26)22-10-5-4-6-11-22/h4-13,15-16,18,27H,14,17H2,1-3H3,(H,28,33). The van der Waals surface area contributed by atoms with Gasteiger partial charge in [0.25, 0.3) is 0 Å². The van der Waals surface area contributed by atoms with Crippen molar-refractivity contribution in [2.45, 2.75) is 26.8 Å². The molecule has 0 aliphatic carbocycles. The maximum Gasteiger partial charge on any atom is 0.346 e. The van der Waals surface area contributed by atoms with Gasteiger partial charge in [0.05, 0.1) is 12.8 Å². The molecule has 0 bridgehead atoms. The first-order valence-corrected chi connectivity index (χ1v) is 11.3. The number of benzene rings is 3. The van der Waals surface area contributed by atoms with E-state index in [9.17, 15) is 4.79 Å². The molecule has 0 unspecified atom stereocenters. The molecule has 9 nitrogen and oxygen atoms in total. The first-order valence-electron chi connectivity index (χ1n) is 11.3. The molecule has 1 amide bonds. The lowest BCUT2D eigenvalue weighted by Crippen LogP contribution is -2.13. The molecule has 0 spiro atoms. The summed E-state index contributed by atoms with van der Waals surface area (Å²) in [6, 6.07) is 23.0. The van der Waals surface area contributed by atoms with Gasteiger partial charge in [0.2, 0.25) is 5.91 Å². The molecule has 1 aromatic heterocycles. The second kappa shape index (κ2) is 11.1. The number of tetrazole rings is 1. The Hall–Kier alpha value is -4.40. The SMILES string of the molecule is COc1cc(CNc2cccc(NC(=O)CC(C)C)c2)ccc1Oc1nnnn1-c1ccccc1. The average molecular weight is 473 g/mol. The molecule has 0 fully saturated rings. The molecule has 0 saturated heterocycles. The van der Waals surface area contributed by atoms with Gasteiger partial charge in [-0.15, -0.1) is 0 Å². The number of ether oxygens (including phenoxy) is 2. The van der Waals surface area contributed by atoms with Crippen LogP contribution in [0.15, 0.2) is 72.8 Å². The molecule has 2 N–H and O–H groups in total. The van der Waals surface area contributed by atoms with Crippen molar-refractivity contribution in [3.8, 4) is 23.2 Å². The van der Waals surface area contributed by atoms with Gasteiger partial charge < -0.3 is 20.1 Å². The summed E-state index contributed by atoms with van der Waals surface area (Å²) < 4.78 is 13.0. The van der Waals surface area contributed by atoms with Crippen LogP contribution in [0.1, 0.15) is 25.8 Å². The van der Waals surface area contributed by atoms with E-state index in [-0.39, 0.29) is 11.9 Å². The molecule has 4 aromatic rings. The molecule has 4 rings (SSSR count). The number of carbonyl (C=O) groups is 1. The van der Waals surface area contributed by atoms with Crippen LogP contribution in [0, 0.1) is 5.92 Å². The van der Waals surface area contributed by atoms with Gasteiger partial charge in [0.15, 0.2) is 11.5 Å². The molecule has 35 heavy (non-hydrogen) atoms. The summed E-state index contributed by atoms with van der Waals surface area (Å²) in [5.74, 6) is 1.37. The molecule has 9 heteroatoms. The van der Waals surface area contributed by atoms with Gasteiger partial charge in [0.1, 0.15) is 0 Å². The number of para-hydroxylation sites is 1. The Bertz CT molecular complexity index is 1270. The first kappa shape index (κ1) is 23.7. The van der Waals surface area contributed by atoms with Crippen LogP contribution in [0.25, 0.3) is 5.69 Å². The number of nitrogens with zero attached hydrogens (tertiary/aromatic N) is 4. The van der Waals surface area contributed by atoms with E-state index in [1.165, 1.54) is 4.68 Å². The van der Waals surface area contributed by atoms with Crippen LogP contribution in [0.2, 0.25) is 0 Å². The van der Waals surface area contributed by atoms with Crippen molar-refractivity contribution in [2.75, 3.05) is 17.7 Å². The summed E-state index contributed by atoms with van der Waals surface area (Å²) >= 11 is 0. The van der Waals surface area contributed by atoms with E-state index in [0.717, 1.165) is 22.6 Å². The third-order valence-corrected chi connectivity index (χ3v) is 5.11. The third-order valence-electron chi connectivity index (χ3n) is 5.11. The minimum absolute atomic E-state index is 0.00997. The van der Waals surface area contributed by atoms with E-state index < -0.39 is 0 Å². The lowest BCUT2D eigenvalue weighted by atomic mass is 10.1. The lowest BCUT2D eigenvalue weighted by molar-refractivity contribution is -0.116. The van der Waals surface area contributed by atoms with Crippen LogP contribution in [-0.2, 0) is 11.3 Å². The Morgan fingerprint density at radius 3 is 2.54 bits per heavy atom. The number of rotatable bonds is 10. The van der Waals surface area contributed by atoms with Crippen molar-refractivity contribution in [3.05, 3.63) is 78.4 Å². The highest BCUT2D eigenvalue weighted by Crippen LogP contribution is 2.32. The maximum absolute atomic E-state index is 12.1. The second-order valence-electron chi connectivity index (χ2n) is 8.38. The highest BCUT2D eigenvalue weighted by atomic mass is 16.5. The van der Waals surface area contributed by atoms with Gasteiger partial charge in [-0.3, -0.25) is 4.79 Å². The molecule has 0 radical (unpaired) electrons. The minimum Gasteiger partial charge on any atom is -0.493 e. The van der Waals surface area contributed by atoms with E-state index in [1.54, 1.807) is 7.11 Å². The lowest BCUT2D eigenvalue weighted by Gasteiger charge is -2.13. The molecule has 0 saturated carbocycles. The molecule has 0 aliphatic rings. The van der Waals surface area contributed by atoms with Crippen LogP contribution in [0.4, 0.5) is 11.4 Å². The minimum atomic E-state index is 0.00997. The molecule has 1 heterocycles. The molecule has 0 aliphatic heterocycles. The van der Waals surface area contributed by atoms with Gasteiger partial charge in [-0.05, 0) is 64.4 Å². The largest absolute Gasteiger partial charge is 0.493 e. The second-order valence-corrected chi connectivity index (χ2v) is 8.38. The molecule has 3 aromatic carbocycles. The number of amides is 1. The zero-order valence-electron chi connectivity index (χ0n) is 19.9. The first-order chi connectivity index (χ1) is 17.0. The van der Waals surface area contributed by atoms with Gasteiger partial charge in [-0.2, -0.15) is 4.68 Å². The Labute approximate surface area is 204 Å². The van der Waals surface area contributed by atoms with Crippen LogP contribution < -0.4 is 20.1 Å². The Morgan fingerprint density at radius 2 is 1.77 bits per heavy atom. The normalized spacial score (nSPS) is 10.7. The van der Waals surface area contributed by atoms with Crippen molar-refractivity contribution in [1.82, 2.24) is 20.2 Å². The van der Waals surface area contributed by atoms with Crippen molar-refractivity contribution >= 4 is 17.3 Å². The number of methoxy groups -OCH3 is 1.